The average molecular weight is 362 g/mol. The average Bonchev–Trinajstić information content (AvgIpc) is 2.57. The van der Waals surface area contributed by atoms with E-state index in [9.17, 15) is 18.4 Å². The molecular formula is C20H24F2N2O2. The molecular weight excluding hydrogens is 338 g/mol. The number of rotatable bonds is 5. The number of benzene rings is 1. The van der Waals surface area contributed by atoms with E-state index in [1.165, 1.54) is 19.3 Å². The molecule has 0 unspecified atom stereocenters. The molecule has 4 aliphatic carbocycles. The van der Waals surface area contributed by atoms with Gasteiger partial charge in [-0.25, -0.2) is 8.78 Å². The van der Waals surface area contributed by atoms with Crippen LogP contribution in [0.15, 0.2) is 18.2 Å². The van der Waals surface area contributed by atoms with Crippen molar-refractivity contribution in [3.05, 3.63) is 29.8 Å². The number of halogens is 2. The van der Waals surface area contributed by atoms with Crippen LogP contribution in [0.4, 0.5) is 14.5 Å². The van der Waals surface area contributed by atoms with Crippen LogP contribution in [-0.4, -0.2) is 18.4 Å². The van der Waals surface area contributed by atoms with E-state index in [0.717, 1.165) is 37.5 Å². The van der Waals surface area contributed by atoms with Crippen LogP contribution in [0.1, 0.15) is 44.9 Å². The van der Waals surface area contributed by atoms with Crippen LogP contribution in [0.3, 0.4) is 0 Å². The molecule has 2 amide bonds. The topological polar surface area (TPSA) is 58.2 Å². The first-order valence-corrected chi connectivity index (χ1v) is 9.47. The fourth-order valence-corrected chi connectivity index (χ4v) is 5.67. The zero-order chi connectivity index (χ0) is 18.3. The maximum absolute atomic E-state index is 13.6. The number of anilines is 1. The molecule has 4 nitrogen and oxygen atoms in total. The van der Waals surface area contributed by atoms with Crippen molar-refractivity contribution in [3.8, 4) is 0 Å². The SMILES string of the molecule is O=C(CCNC(=O)C12CC3CC(CC(C3)C1)C2)Nc1cc(F)ccc1F. The Morgan fingerprint density at radius 2 is 1.65 bits per heavy atom. The van der Waals surface area contributed by atoms with E-state index in [1.807, 2.05) is 0 Å². The highest BCUT2D eigenvalue weighted by Gasteiger charge is 2.54. The minimum Gasteiger partial charge on any atom is -0.355 e. The van der Waals surface area contributed by atoms with E-state index in [0.29, 0.717) is 17.8 Å². The third-order valence-electron chi connectivity index (χ3n) is 6.36. The van der Waals surface area contributed by atoms with Gasteiger partial charge in [-0.15, -0.1) is 0 Å². The van der Waals surface area contributed by atoms with E-state index in [-0.39, 0.29) is 30.0 Å². The predicted octanol–water partition coefficient (Wildman–Crippen LogP) is 3.63. The number of hydrogen-bond acceptors (Lipinski definition) is 2. The zero-order valence-electron chi connectivity index (χ0n) is 14.7. The molecule has 6 heteroatoms. The summed E-state index contributed by atoms with van der Waals surface area (Å²) < 4.78 is 26.7. The minimum absolute atomic E-state index is 0.0358. The normalized spacial score (nSPS) is 31.7. The van der Waals surface area contributed by atoms with Gasteiger partial charge in [0.1, 0.15) is 11.6 Å². The molecule has 0 saturated heterocycles. The van der Waals surface area contributed by atoms with Crippen molar-refractivity contribution in [1.82, 2.24) is 5.32 Å². The van der Waals surface area contributed by atoms with Gasteiger partial charge in [-0.2, -0.15) is 0 Å². The Hall–Kier alpha value is -1.98. The highest BCUT2D eigenvalue weighted by Crippen LogP contribution is 2.60. The second kappa shape index (κ2) is 6.63. The van der Waals surface area contributed by atoms with E-state index < -0.39 is 17.5 Å². The summed E-state index contributed by atoms with van der Waals surface area (Å²) in [5, 5.41) is 5.27. The Balaban J connectivity index is 1.29. The summed E-state index contributed by atoms with van der Waals surface area (Å²) in [5.41, 5.74) is -0.415. The monoisotopic (exact) mass is 362 g/mol. The number of carbonyl (C=O) groups excluding carboxylic acids is 2. The summed E-state index contributed by atoms with van der Waals surface area (Å²) >= 11 is 0. The molecule has 0 spiro atoms. The van der Waals surface area contributed by atoms with Gasteiger partial charge in [0, 0.05) is 24.4 Å². The van der Waals surface area contributed by atoms with Crippen molar-refractivity contribution in [1.29, 1.82) is 0 Å². The molecule has 5 rings (SSSR count). The maximum atomic E-state index is 13.6. The highest BCUT2D eigenvalue weighted by molar-refractivity contribution is 5.91. The van der Waals surface area contributed by atoms with Crippen LogP contribution in [-0.2, 0) is 9.59 Å². The van der Waals surface area contributed by atoms with Crippen LogP contribution < -0.4 is 10.6 Å². The van der Waals surface area contributed by atoms with Gasteiger partial charge < -0.3 is 10.6 Å². The van der Waals surface area contributed by atoms with E-state index in [2.05, 4.69) is 10.6 Å². The third kappa shape index (κ3) is 3.33. The van der Waals surface area contributed by atoms with Crippen LogP contribution in [0.2, 0.25) is 0 Å². The van der Waals surface area contributed by atoms with Crippen molar-refractivity contribution in [2.75, 3.05) is 11.9 Å². The Morgan fingerprint density at radius 3 is 2.27 bits per heavy atom. The Kier molecular flexibility index (Phi) is 4.45. The molecule has 26 heavy (non-hydrogen) atoms. The second-order valence-electron chi connectivity index (χ2n) is 8.38. The van der Waals surface area contributed by atoms with Gasteiger partial charge >= 0.3 is 0 Å². The van der Waals surface area contributed by atoms with Crippen molar-refractivity contribution >= 4 is 17.5 Å². The first-order valence-electron chi connectivity index (χ1n) is 9.47. The Morgan fingerprint density at radius 1 is 1.04 bits per heavy atom. The number of amides is 2. The summed E-state index contributed by atoms with van der Waals surface area (Å²) in [6.45, 7) is 0.212. The summed E-state index contributed by atoms with van der Waals surface area (Å²) in [6, 6.07) is 2.91. The first kappa shape index (κ1) is 17.4. The second-order valence-corrected chi connectivity index (χ2v) is 8.38. The molecule has 4 aliphatic rings. The van der Waals surface area contributed by atoms with Gasteiger partial charge in [0.25, 0.3) is 0 Å². The van der Waals surface area contributed by atoms with E-state index in [1.54, 1.807) is 0 Å². The van der Waals surface area contributed by atoms with Crippen molar-refractivity contribution in [3.63, 3.8) is 0 Å². The lowest BCUT2D eigenvalue weighted by atomic mass is 9.49. The van der Waals surface area contributed by atoms with Crippen molar-refractivity contribution in [2.45, 2.75) is 44.9 Å². The maximum Gasteiger partial charge on any atom is 0.226 e. The largest absolute Gasteiger partial charge is 0.355 e. The lowest BCUT2D eigenvalue weighted by Gasteiger charge is -2.55. The van der Waals surface area contributed by atoms with Gasteiger partial charge in [0.2, 0.25) is 11.8 Å². The molecule has 0 heterocycles. The highest BCUT2D eigenvalue weighted by atomic mass is 19.1. The summed E-state index contributed by atoms with van der Waals surface area (Å²) in [7, 11) is 0. The zero-order valence-corrected chi connectivity index (χ0v) is 14.7. The summed E-state index contributed by atoms with van der Waals surface area (Å²) in [4.78, 5) is 24.7. The molecule has 0 aromatic heterocycles. The van der Waals surface area contributed by atoms with Gasteiger partial charge in [-0.3, -0.25) is 9.59 Å². The van der Waals surface area contributed by atoms with Gasteiger partial charge in [0.15, 0.2) is 0 Å². The van der Waals surface area contributed by atoms with Crippen LogP contribution in [0.5, 0.6) is 0 Å². The molecule has 4 fully saturated rings. The fourth-order valence-electron chi connectivity index (χ4n) is 5.67. The minimum atomic E-state index is -0.683. The predicted molar refractivity (Wildman–Crippen MR) is 93.2 cm³/mol. The van der Waals surface area contributed by atoms with Gasteiger partial charge in [-0.05, 0) is 68.4 Å². The van der Waals surface area contributed by atoms with Crippen LogP contribution >= 0.6 is 0 Å². The van der Waals surface area contributed by atoms with Crippen LogP contribution in [0.25, 0.3) is 0 Å². The number of nitrogens with one attached hydrogen (secondary N) is 2. The molecule has 1 aromatic rings. The van der Waals surface area contributed by atoms with Crippen molar-refractivity contribution in [2.24, 2.45) is 23.2 Å². The Bertz CT molecular complexity index is 699. The lowest BCUT2D eigenvalue weighted by molar-refractivity contribution is -0.146. The first-order chi connectivity index (χ1) is 12.4. The standard InChI is InChI=1S/C20H24F2N2O2/c21-15-1-2-16(22)17(8-15)24-18(25)3-4-23-19(26)20-9-12-5-13(10-20)7-14(6-12)11-20/h1-2,8,12-14H,3-7,9-11H2,(H,23,26)(H,24,25). The molecule has 4 bridgehead atoms. The van der Waals surface area contributed by atoms with Gasteiger partial charge in [0.05, 0.1) is 5.69 Å². The third-order valence-corrected chi connectivity index (χ3v) is 6.36. The molecule has 4 saturated carbocycles. The van der Waals surface area contributed by atoms with Crippen LogP contribution in [0, 0.1) is 34.8 Å². The number of carbonyl (C=O) groups is 2. The molecule has 2 N–H and O–H groups in total. The molecule has 0 aliphatic heterocycles. The molecule has 0 radical (unpaired) electrons. The fraction of sp³-hybridized carbons (Fsp3) is 0.600. The molecule has 140 valence electrons. The quantitative estimate of drug-likeness (QED) is 0.840. The van der Waals surface area contributed by atoms with Gasteiger partial charge in [-0.1, -0.05) is 0 Å². The van der Waals surface area contributed by atoms with E-state index in [4.69, 9.17) is 0 Å². The Labute approximate surface area is 151 Å². The number of hydrogen-bond donors (Lipinski definition) is 2. The summed E-state index contributed by atoms with van der Waals surface area (Å²) in [5.74, 6) is 0.388. The van der Waals surface area contributed by atoms with E-state index >= 15 is 0 Å². The lowest BCUT2D eigenvalue weighted by Crippen LogP contribution is -2.53. The summed E-state index contributed by atoms with van der Waals surface area (Å²) in [6.07, 6.45) is 6.78. The van der Waals surface area contributed by atoms with Crippen molar-refractivity contribution < 1.29 is 18.4 Å². The molecule has 1 aromatic carbocycles. The smallest absolute Gasteiger partial charge is 0.226 e. The molecule has 0 atom stereocenters.